The number of nitrogens with zero attached hydrogens (tertiary/aromatic N) is 3. The predicted octanol–water partition coefficient (Wildman–Crippen LogP) is 3.59. The number of rotatable bonds is 5. The summed E-state index contributed by atoms with van der Waals surface area (Å²) in [5, 5.41) is 7.04. The summed E-state index contributed by atoms with van der Waals surface area (Å²) in [7, 11) is 0. The zero-order valence-corrected chi connectivity index (χ0v) is 16.1. The summed E-state index contributed by atoms with van der Waals surface area (Å²) in [4.78, 5) is 16.4. The number of hydrogen-bond donors (Lipinski definition) is 1. The summed E-state index contributed by atoms with van der Waals surface area (Å²) in [6.07, 6.45) is -3.50. The molecule has 0 atom stereocenters. The second-order valence-corrected chi connectivity index (χ2v) is 7.64. The van der Waals surface area contributed by atoms with Crippen molar-refractivity contribution in [3.05, 3.63) is 52.8 Å². The fourth-order valence-electron chi connectivity index (χ4n) is 3.39. The van der Waals surface area contributed by atoms with Crippen molar-refractivity contribution >= 4 is 5.91 Å². The number of hydrogen-bond acceptors (Lipinski definition) is 3. The number of amides is 1. The molecule has 0 radical (unpaired) electrons. The first kappa shape index (κ1) is 20.4. The minimum absolute atomic E-state index is 0.107. The Labute approximate surface area is 162 Å². The maximum atomic E-state index is 12.9. The van der Waals surface area contributed by atoms with E-state index in [2.05, 4.69) is 28.9 Å². The van der Waals surface area contributed by atoms with Crippen molar-refractivity contribution in [2.24, 2.45) is 5.92 Å². The first-order valence-electron chi connectivity index (χ1n) is 9.44. The minimum Gasteiger partial charge on any atom is -0.335 e. The molecule has 28 heavy (non-hydrogen) atoms. The van der Waals surface area contributed by atoms with Crippen LogP contribution in [0.3, 0.4) is 0 Å². The van der Waals surface area contributed by atoms with Crippen LogP contribution in [0.5, 0.6) is 0 Å². The van der Waals surface area contributed by atoms with Crippen molar-refractivity contribution in [3.63, 3.8) is 0 Å². The first-order chi connectivity index (χ1) is 13.2. The van der Waals surface area contributed by atoms with Gasteiger partial charge >= 0.3 is 6.18 Å². The van der Waals surface area contributed by atoms with Crippen LogP contribution in [0.4, 0.5) is 13.2 Å². The topological polar surface area (TPSA) is 52.2 Å². The van der Waals surface area contributed by atoms with Gasteiger partial charge in [-0.1, -0.05) is 32.0 Å². The number of halogens is 3. The molecule has 5 nitrogen and oxygen atoms in total. The maximum Gasteiger partial charge on any atom is 0.416 e. The molecule has 1 amide bonds. The van der Waals surface area contributed by atoms with Crippen molar-refractivity contribution in [3.8, 4) is 0 Å². The first-order valence-corrected chi connectivity index (χ1v) is 9.44. The molecule has 0 spiro atoms. The average Bonchev–Trinajstić information content (AvgIpc) is 3.09. The fourth-order valence-corrected chi connectivity index (χ4v) is 3.39. The molecule has 2 aromatic rings. The molecule has 1 aliphatic heterocycles. The highest BCUT2D eigenvalue weighted by molar-refractivity contribution is 5.92. The van der Waals surface area contributed by atoms with Crippen molar-refractivity contribution in [2.75, 3.05) is 26.2 Å². The van der Waals surface area contributed by atoms with Crippen molar-refractivity contribution in [1.29, 1.82) is 0 Å². The van der Waals surface area contributed by atoms with E-state index in [-0.39, 0.29) is 5.91 Å². The monoisotopic (exact) mass is 394 g/mol. The molecular weight excluding hydrogens is 369 g/mol. The van der Waals surface area contributed by atoms with Gasteiger partial charge in [0.15, 0.2) is 0 Å². The lowest BCUT2D eigenvalue weighted by Crippen LogP contribution is -2.48. The standard InChI is InChI=1S/C20H25F3N4O/c1-14(2)10-17-12-18(25-24-17)19(28)27-8-6-26(7-9-27)13-15-4-3-5-16(11-15)20(21,22)23/h3-5,11-12,14H,6-10,13H2,1-2H3,(H,24,25). The largest absolute Gasteiger partial charge is 0.416 e. The van der Waals surface area contributed by atoms with Gasteiger partial charge in [0, 0.05) is 38.4 Å². The van der Waals surface area contributed by atoms with Crippen LogP contribution in [0.25, 0.3) is 0 Å². The second-order valence-electron chi connectivity index (χ2n) is 7.64. The van der Waals surface area contributed by atoms with Crippen LogP contribution in [-0.2, 0) is 19.1 Å². The number of aromatic nitrogens is 2. The van der Waals surface area contributed by atoms with E-state index in [1.807, 2.05) is 0 Å². The Morgan fingerprint density at radius 2 is 1.89 bits per heavy atom. The Bertz CT molecular complexity index is 808. The van der Waals surface area contributed by atoms with Gasteiger partial charge < -0.3 is 4.90 Å². The van der Waals surface area contributed by atoms with Crippen LogP contribution >= 0.6 is 0 Å². The third kappa shape index (κ3) is 5.13. The molecular formula is C20H25F3N4O. The highest BCUT2D eigenvalue weighted by atomic mass is 19.4. The number of nitrogens with one attached hydrogen (secondary N) is 1. The molecule has 0 bridgehead atoms. The zero-order chi connectivity index (χ0) is 20.3. The van der Waals surface area contributed by atoms with E-state index in [0.717, 1.165) is 18.2 Å². The number of H-pyrrole nitrogens is 1. The quantitative estimate of drug-likeness (QED) is 0.843. The molecule has 1 aliphatic rings. The van der Waals surface area contributed by atoms with Gasteiger partial charge in [-0.2, -0.15) is 18.3 Å². The molecule has 1 N–H and O–H groups in total. The smallest absolute Gasteiger partial charge is 0.335 e. The van der Waals surface area contributed by atoms with Crippen LogP contribution in [0.1, 0.15) is 41.2 Å². The van der Waals surface area contributed by atoms with Crippen LogP contribution < -0.4 is 0 Å². The summed E-state index contributed by atoms with van der Waals surface area (Å²) in [6, 6.07) is 7.21. The number of carbonyl (C=O) groups excluding carboxylic acids is 1. The van der Waals surface area contributed by atoms with Crippen molar-refractivity contribution in [2.45, 2.75) is 33.0 Å². The summed E-state index contributed by atoms with van der Waals surface area (Å²) in [5.41, 5.74) is 1.36. The van der Waals surface area contributed by atoms with Gasteiger partial charge in [-0.3, -0.25) is 14.8 Å². The van der Waals surface area contributed by atoms with Gasteiger partial charge in [0.25, 0.3) is 5.91 Å². The second kappa shape index (κ2) is 8.34. The van der Waals surface area contributed by atoms with Crippen LogP contribution in [0.2, 0.25) is 0 Å². The number of benzene rings is 1. The Kier molecular flexibility index (Phi) is 6.07. The van der Waals surface area contributed by atoms with Gasteiger partial charge in [-0.25, -0.2) is 0 Å². The van der Waals surface area contributed by atoms with Gasteiger partial charge in [0.05, 0.1) is 5.56 Å². The highest BCUT2D eigenvalue weighted by Crippen LogP contribution is 2.29. The molecule has 2 heterocycles. The number of alkyl halides is 3. The van der Waals surface area contributed by atoms with E-state index in [0.29, 0.717) is 49.9 Å². The fraction of sp³-hybridized carbons (Fsp3) is 0.500. The average molecular weight is 394 g/mol. The molecule has 1 saturated heterocycles. The third-order valence-corrected chi connectivity index (χ3v) is 4.80. The van der Waals surface area contributed by atoms with E-state index in [4.69, 9.17) is 0 Å². The minimum atomic E-state index is -4.33. The molecule has 1 aromatic carbocycles. The van der Waals surface area contributed by atoms with Crippen LogP contribution in [-0.4, -0.2) is 52.1 Å². The number of aromatic amines is 1. The molecule has 0 unspecified atom stereocenters. The molecule has 0 aliphatic carbocycles. The lowest BCUT2D eigenvalue weighted by atomic mass is 10.1. The van der Waals surface area contributed by atoms with E-state index in [1.54, 1.807) is 17.0 Å². The summed E-state index contributed by atoms with van der Waals surface area (Å²) >= 11 is 0. The molecule has 0 saturated carbocycles. The van der Waals surface area contributed by atoms with E-state index >= 15 is 0 Å². The third-order valence-electron chi connectivity index (χ3n) is 4.80. The van der Waals surface area contributed by atoms with Gasteiger partial charge in [-0.05, 0) is 30.0 Å². The van der Waals surface area contributed by atoms with E-state index in [1.165, 1.54) is 12.1 Å². The van der Waals surface area contributed by atoms with Crippen molar-refractivity contribution in [1.82, 2.24) is 20.0 Å². The molecule has 152 valence electrons. The number of piperazine rings is 1. The Balaban J connectivity index is 1.54. The van der Waals surface area contributed by atoms with E-state index in [9.17, 15) is 18.0 Å². The normalized spacial score (nSPS) is 16.0. The number of carbonyl (C=O) groups is 1. The Morgan fingerprint density at radius 3 is 2.54 bits per heavy atom. The summed E-state index contributed by atoms with van der Waals surface area (Å²) < 4.78 is 38.6. The maximum absolute atomic E-state index is 12.9. The van der Waals surface area contributed by atoms with Crippen molar-refractivity contribution < 1.29 is 18.0 Å². The highest BCUT2D eigenvalue weighted by Gasteiger charge is 2.30. The predicted molar refractivity (Wildman–Crippen MR) is 99.8 cm³/mol. The molecule has 3 rings (SSSR count). The lowest BCUT2D eigenvalue weighted by molar-refractivity contribution is -0.137. The lowest BCUT2D eigenvalue weighted by Gasteiger charge is -2.34. The molecule has 8 heteroatoms. The Morgan fingerprint density at radius 1 is 1.18 bits per heavy atom. The van der Waals surface area contributed by atoms with Gasteiger partial charge in [-0.15, -0.1) is 0 Å². The van der Waals surface area contributed by atoms with Gasteiger partial charge in [0.1, 0.15) is 5.69 Å². The van der Waals surface area contributed by atoms with Crippen LogP contribution in [0, 0.1) is 5.92 Å². The SMILES string of the molecule is CC(C)Cc1cc(C(=O)N2CCN(Cc3cccc(C(F)(F)F)c3)CC2)n[nH]1. The van der Waals surface area contributed by atoms with E-state index < -0.39 is 11.7 Å². The zero-order valence-electron chi connectivity index (χ0n) is 16.1. The molecule has 1 fully saturated rings. The molecule has 1 aromatic heterocycles. The Hall–Kier alpha value is -2.35. The summed E-state index contributed by atoms with van der Waals surface area (Å²) in [6.45, 7) is 6.94. The van der Waals surface area contributed by atoms with Gasteiger partial charge in [0.2, 0.25) is 0 Å². The van der Waals surface area contributed by atoms with Crippen LogP contribution in [0.15, 0.2) is 30.3 Å². The summed E-state index contributed by atoms with van der Waals surface area (Å²) in [5.74, 6) is 0.368.